The van der Waals surface area contributed by atoms with Crippen LogP contribution in [0.2, 0.25) is 0 Å². The number of nitrogens with one attached hydrogen (secondary N) is 1. The van der Waals surface area contributed by atoms with Gasteiger partial charge in [0.05, 0.1) is 6.54 Å². The molecule has 1 aliphatic carbocycles. The number of anilines is 1. The molecule has 4 heteroatoms. The summed E-state index contributed by atoms with van der Waals surface area (Å²) in [7, 11) is 2.15. The van der Waals surface area contributed by atoms with Gasteiger partial charge in [-0.25, -0.2) is 9.97 Å². The minimum absolute atomic E-state index is 0.756. The van der Waals surface area contributed by atoms with Crippen LogP contribution in [0.4, 0.5) is 5.82 Å². The molecule has 0 bridgehead atoms. The Bertz CT molecular complexity index is 360. The first kappa shape index (κ1) is 11.3. The second kappa shape index (κ2) is 4.78. The smallest absolute Gasteiger partial charge is 0.144 e. The van der Waals surface area contributed by atoms with Gasteiger partial charge >= 0.3 is 0 Å². The second-order valence-corrected chi connectivity index (χ2v) is 4.49. The van der Waals surface area contributed by atoms with Crippen molar-refractivity contribution < 1.29 is 0 Å². The summed E-state index contributed by atoms with van der Waals surface area (Å²) in [5, 5.41) is 3.24. The van der Waals surface area contributed by atoms with Crippen LogP contribution in [0.15, 0.2) is 6.07 Å². The lowest BCUT2D eigenvalue weighted by molar-refractivity contribution is 0.308. The molecular weight excluding hydrogens is 200 g/mol. The quantitative estimate of drug-likeness (QED) is 0.821. The van der Waals surface area contributed by atoms with Crippen molar-refractivity contribution in [3.05, 3.63) is 17.6 Å². The Balaban J connectivity index is 2.06. The summed E-state index contributed by atoms with van der Waals surface area (Å²) in [6.07, 6.45) is 2.64. The van der Waals surface area contributed by atoms with Crippen molar-refractivity contribution in [2.75, 3.05) is 18.9 Å². The predicted molar refractivity (Wildman–Crippen MR) is 65.4 cm³/mol. The van der Waals surface area contributed by atoms with Gasteiger partial charge in [0.25, 0.3) is 0 Å². The van der Waals surface area contributed by atoms with Gasteiger partial charge in [0, 0.05) is 24.3 Å². The maximum absolute atomic E-state index is 4.51. The van der Waals surface area contributed by atoms with E-state index in [0.717, 1.165) is 36.5 Å². The maximum atomic E-state index is 4.51. The fraction of sp³-hybridized carbons (Fsp3) is 0.667. The van der Waals surface area contributed by atoms with Crippen molar-refractivity contribution in [3.63, 3.8) is 0 Å². The molecule has 0 atom stereocenters. The molecule has 1 fully saturated rings. The van der Waals surface area contributed by atoms with Crippen LogP contribution in [0.5, 0.6) is 0 Å². The number of aryl methyl sites for hydroxylation is 1. The highest BCUT2D eigenvalue weighted by Gasteiger charge is 2.26. The van der Waals surface area contributed by atoms with Gasteiger partial charge in [0.15, 0.2) is 0 Å². The van der Waals surface area contributed by atoms with E-state index in [0.29, 0.717) is 0 Å². The molecule has 0 aromatic carbocycles. The molecule has 1 saturated carbocycles. The van der Waals surface area contributed by atoms with Gasteiger partial charge in [-0.1, -0.05) is 0 Å². The van der Waals surface area contributed by atoms with Crippen molar-refractivity contribution in [1.29, 1.82) is 0 Å². The monoisotopic (exact) mass is 220 g/mol. The summed E-state index contributed by atoms with van der Waals surface area (Å²) in [6, 6.07) is 2.75. The predicted octanol–water partition coefficient (Wildman–Crippen LogP) is 1.81. The first-order valence-corrected chi connectivity index (χ1v) is 5.97. The molecule has 1 N–H and O–H groups in total. The normalized spacial score (nSPS) is 15.5. The van der Waals surface area contributed by atoms with E-state index in [1.807, 2.05) is 13.0 Å². The maximum Gasteiger partial charge on any atom is 0.144 e. The van der Waals surface area contributed by atoms with Gasteiger partial charge in [0.1, 0.15) is 11.6 Å². The van der Waals surface area contributed by atoms with Crippen molar-refractivity contribution in [1.82, 2.24) is 14.9 Å². The van der Waals surface area contributed by atoms with Gasteiger partial charge in [-0.3, -0.25) is 4.90 Å². The topological polar surface area (TPSA) is 41.1 Å². The van der Waals surface area contributed by atoms with E-state index < -0.39 is 0 Å². The van der Waals surface area contributed by atoms with Gasteiger partial charge in [-0.2, -0.15) is 0 Å². The van der Waals surface area contributed by atoms with Gasteiger partial charge in [-0.05, 0) is 33.7 Å². The van der Waals surface area contributed by atoms with E-state index in [1.54, 1.807) is 0 Å². The Morgan fingerprint density at radius 2 is 2.19 bits per heavy atom. The van der Waals surface area contributed by atoms with E-state index in [9.17, 15) is 0 Å². The molecule has 0 unspecified atom stereocenters. The largest absolute Gasteiger partial charge is 0.370 e. The summed E-state index contributed by atoms with van der Waals surface area (Å²) in [4.78, 5) is 11.3. The zero-order valence-electron chi connectivity index (χ0n) is 10.3. The minimum Gasteiger partial charge on any atom is -0.370 e. The number of hydrogen-bond acceptors (Lipinski definition) is 4. The SMILES string of the molecule is CCNc1cc(C)nc(CN(C)C2CC2)n1. The van der Waals surface area contributed by atoms with Crippen molar-refractivity contribution in [2.45, 2.75) is 39.3 Å². The molecule has 0 spiro atoms. The zero-order valence-corrected chi connectivity index (χ0v) is 10.3. The van der Waals surface area contributed by atoms with E-state index in [-0.39, 0.29) is 0 Å². The van der Waals surface area contributed by atoms with Crippen LogP contribution < -0.4 is 5.32 Å². The second-order valence-electron chi connectivity index (χ2n) is 4.49. The molecule has 2 rings (SSSR count). The van der Waals surface area contributed by atoms with Crippen LogP contribution in [0, 0.1) is 6.92 Å². The van der Waals surface area contributed by atoms with Crippen LogP contribution in [0.25, 0.3) is 0 Å². The molecule has 4 nitrogen and oxygen atoms in total. The molecule has 0 saturated heterocycles. The zero-order chi connectivity index (χ0) is 11.5. The first-order valence-electron chi connectivity index (χ1n) is 5.97. The van der Waals surface area contributed by atoms with Gasteiger partial charge in [0.2, 0.25) is 0 Å². The molecule has 1 aromatic rings. The van der Waals surface area contributed by atoms with E-state index in [2.05, 4.69) is 34.2 Å². The Labute approximate surface area is 97.1 Å². The Kier molecular flexibility index (Phi) is 3.39. The van der Waals surface area contributed by atoms with Crippen LogP contribution >= 0.6 is 0 Å². The third-order valence-corrected chi connectivity index (χ3v) is 2.82. The van der Waals surface area contributed by atoms with Crippen molar-refractivity contribution in [2.24, 2.45) is 0 Å². The average Bonchev–Trinajstić information content (AvgIpc) is 2.99. The van der Waals surface area contributed by atoms with Crippen LogP contribution in [0.1, 0.15) is 31.3 Å². The molecule has 0 aliphatic heterocycles. The number of hydrogen-bond donors (Lipinski definition) is 1. The highest BCUT2D eigenvalue weighted by Crippen LogP contribution is 2.26. The number of nitrogens with zero attached hydrogens (tertiary/aromatic N) is 3. The lowest BCUT2D eigenvalue weighted by Crippen LogP contribution is -2.22. The van der Waals surface area contributed by atoms with Crippen LogP contribution in [-0.4, -0.2) is 34.5 Å². The van der Waals surface area contributed by atoms with E-state index in [1.165, 1.54) is 12.8 Å². The highest BCUT2D eigenvalue weighted by molar-refractivity contribution is 5.35. The van der Waals surface area contributed by atoms with Crippen molar-refractivity contribution >= 4 is 5.82 Å². The van der Waals surface area contributed by atoms with Crippen LogP contribution in [0.3, 0.4) is 0 Å². The summed E-state index contributed by atoms with van der Waals surface area (Å²) in [5.41, 5.74) is 1.03. The lowest BCUT2D eigenvalue weighted by atomic mass is 10.4. The third-order valence-electron chi connectivity index (χ3n) is 2.82. The summed E-state index contributed by atoms with van der Waals surface area (Å²) in [6.45, 7) is 5.84. The molecule has 0 amide bonds. The van der Waals surface area contributed by atoms with Crippen molar-refractivity contribution in [3.8, 4) is 0 Å². The van der Waals surface area contributed by atoms with E-state index >= 15 is 0 Å². The first-order chi connectivity index (χ1) is 7.69. The summed E-state index contributed by atoms with van der Waals surface area (Å²) >= 11 is 0. The fourth-order valence-electron chi connectivity index (χ4n) is 1.84. The van der Waals surface area contributed by atoms with E-state index in [4.69, 9.17) is 0 Å². The molecule has 0 radical (unpaired) electrons. The molecule has 1 heterocycles. The Hall–Kier alpha value is -1.16. The molecule has 88 valence electrons. The summed E-state index contributed by atoms with van der Waals surface area (Å²) < 4.78 is 0. The fourth-order valence-corrected chi connectivity index (χ4v) is 1.84. The standard InChI is InChI=1S/C12H20N4/c1-4-13-11-7-9(2)14-12(15-11)8-16(3)10-5-6-10/h7,10H,4-6,8H2,1-3H3,(H,13,14,15). The Morgan fingerprint density at radius 3 is 2.81 bits per heavy atom. The molecular formula is C12H20N4. The molecule has 1 aliphatic rings. The highest BCUT2D eigenvalue weighted by atomic mass is 15.2. The minimum atomic E-state index is 0.756. The molecule has 1 aromatic heterocycles. The average molecular weight is 220 g/mol. The Morgan fingerprint density at radius 1 is 1.44 bits per heavy atom. The number of aromatic nitrogens is 2. The lowest BCUT2D eigenvalue weighted by Gasteiger charge is -2.15. The number of rotatable bonds is 5. The summed E-state index contributed by atoms with van der Waals surface area (Å²) in [5.74, 6) is 1.86. The third kappa shape index (κ3) is 2.92. The van der Waals surface area contributed by atoms with Gasteiger partial charge < -0.3 is 5.32 Å². The van der Waals surface area contributed by atoms with Crippen LogP contribution in [-0.2, 0) is 6.54 Å². The van der Waals surface area contributed by atoms with Gasteiger partial charge in [-0.15, -0.1) is 0 Å². The molecule has 16 heavy (non-hydrogen) atoms.